The van der Waals surface area contributed by atoms with Gasteiger partial charge >= 0.3 is 5.97 Å². The van der Waals surface area contributed by atoms with Gasteiger partial charge in [-0.1, -0.05) is 6.07 Å². The quantitative estimate of drug-likeness (QED) is 0.890. The minimum atomic E-state index is -0.881. The molecule has 1 aromatic rings. The number of rotatable bonds is 2. The third-order valence-corrected chi connectivity index (χ3v) is 3.56. The minimum absolute atomic E-state index is 0.199. The van der Waals surface area contributed by atoms with Gasteiger partial charge in [-0.05, 0) is 37.5 Å². The van der Waals surface area contributed by atoms with Crippen molar-refractivity contribution in [3.63, 3.8) is 0 Å². The van der Waals surface area contributed by atoms with Gasteiger partial charge in [-0.15, -0.1) is 0 Å². The van der Waals surface area contributed by atoms with Gasteiger partial charge in [0.15, 0.2) is 0 Å². The Bertz CT molecular complexity index is 515. The molecule has 1 fully saturated rings. The lowest BCUT2D eigenvalue weighted by molar-refractivity contribution is -0.143. The Morgan fingerprint density at radius 3 is 2.84 bits per heavy atom. The predicted octanol–water partition coefficient (Wildman–Crippen LogP) is 2.07. The summed E-state index contributed by atoms with van der Waals surface area (Å²) >= 11 is 0. The lowest BCUT2D eigenvalue weighted by Crippen LogP contribution is -2.42. The van der Waals surface area contributed by atoms with Crippen LogP contribution in [0.2, 0.25) is 0 Å². The Morgan fingerprint density at radius 1 is 1.42 bits per heavy atom. The number of likely N-dealkylation sites (tertiary alicyclic amines) is 1. The van der Waals surface area contributed by atoms with Crippen LogP contribution in [0.25, 0.3) is 0 Å². The van der Waals surface area contributed by atoms with E-state index in [0.29, 0.717) is 30.5 Å². The van der Waals surface area contributed by atoms with Gasteiger partial charge in [-0.3, -0.25) is 9.59 Å². The Labute approximate surface area is 110 Å². The van der Waals surface area contributed by atoms with E-state index in [0.717, 1.165) is 0 Å². The van der Waals surface area contributed by atoms with Gasteiger partial charge in [0.25, 0.3) is 5.91 Å². The lowest BCUT2D eigenvalue weighted by atomic mass is 9.97. The normalized spacial score (nSPS) is 19.3. The van der Waals surface area contributed by atoms with Crippen molar-refractivity contribution in [3.05, 3.63) is 35.1 Å². The van der Waals surface area contributed by atoms with Gasteiger partial charge in [-0.2, -0.15) is 0 Å². The first kappa shape index (κ1) is 13.5. The molecule has 0 aromatic heterocycles. The maximum atomic E-state index is 13.4. The minimum Gasteiger partial charge on any atom is -0.481 e. The highest BCUT2D eigenvalue weighted by atomic mass is 19.1. The van der Waals surface area contributed by atoms with E-state index in [2.05, 4.69) is 0 Å². The van der Waals surface area contributed by atoms with Crippen molar-refractivity contribution in [3.8, 4) is 0 Å². The Hall–Kier alpha value is -1.91. The predicted molar refractivity (Wildman–Crippen MR) is 67.4 cm³/mol. The molecule has 4 nitrogen and oxygen atoms in total. The van der Waals surface area contributed by atoms with Crippen molar-refractivity contribution >= 4 is 11.9 Å². The third-order valence-electron chi connectivity index (χ3n) is 3.56. The molecule has 5 heteroatoms. The van der Waals surface area contributed by atoms with Gasteiger partial charge in [0, 0.05) is 18.7 Å². The van der Waals surface area contributed by atoms with E-state index < -0.39 is 17.7 Å². The number of aliphatic carboxylic acids is 1. The smallest absolute Gasteiger partial charge is 0.308 e. The summed E-state index contributed by atoms with van der Waals surface area (Å²) in [6.45, 7) is 2.28. The average Bonchev–Trinajstić information content (AvgIpc) is 2.41. The van der Waals surface area contributed by atoms with E-state index >= 15 is 0 Å². The Morgan fingerprint density at radius 2 is 2.16 bits per heavy atom. The van der Waals surface area contributed by atoms with E-state index in [1.807, 2.05) is 0 Å². The molecular formula is C14H16FNO3. The molecule has 0 radical (unpaired) electrons. The largest absolute Gasteiger partial charge is 0.481 e. The van der Waals surface area contributed by atoms with Gasteiger partial charge in [0.2, 0.25) is 0 Å². The Kier molecular flexibility index (Phi) is 3.83. The molecular weight excluding hydrogens is 249 g/mol. The SMILES string of the molecule is Cc1c(F)cccc1C(=O)N1CCC[C@H](C(=O)O)C1. The van der Waals surface area contributed by atoms with Crippen LogP contribution < -0.4 is 0 Å². The summed E-state index contributed by atoms with van der Waals surface area (Å²) in [5, 5.41) is 9.01. The zero-order chi connectivity index (χ0) is 14.0. The van der Waals surface area contributed by atoms with Crippen LogP contribution in [0.4, 0.5) is 4.39 Å². The number of carbonyl (C=O) groups excluding carboxylic acids is 1. The number of carboxylic acids is 1. The molecule has 1 aliphatic heterocycles. The molecule has 102 valence electrons. The van der Waals surface area contributed by atoms with Crippen molar-refractivity contribution < 1.29 is 19.1 Å². The molecule has 0 aliphatic carbocycles. The maximum absolute atomic E-state index is 13.4. The van der Waals surface area contributed by atoms with Crippen molar-refractivity contribution in [1.29, 1.82) is 0 Å². The fourth-order valence-electron chi connectivity index (χ4n) is 2.37. The van der Waals surface area contributed by atoms with Crippen LogP contribution in [0.15, 0.2) is 18.2 Å². The van der Waals surface area contributed by atoms with Crippen LogP contribution in [0.5, 0.6) is 0 Å². The van der Waals surface area contributed by atoms with Crippen molar-refractivity contribution in [2.45, 2.75) is 19.8 Å². The number of amides is 1. The molecule has 1 amide bonds. The van der Waals surface area contributed by atoms with Crippen LogP contribution in [0.3, 0.4) is 0 Å². The monoisotopic (exact) mass is 265 g/mol. The zero-order valence-corrected chi connectivity index (χ0v) is 10.7. The molecule has 1 saturated heterocycles. The fraction of sp³-hybridized carbons (Fsp3) is 0.429. The number of nitrogens with zero attached hydrogens (tertiary/aromatic N) is 1. The summed E-state index contributed by atoms with van der Waals surface area (Å²) in [5.74, 6) is -2.11. The molecule has 0 bridgehead atoms. The fourth-order valence-corrected chi connectivity index (χ4v) is 2.37. The molecule has 1 heterocycles. The van der Waals surface area contributed by atoms with Crippen molar-refractivity contribution in [2.75, 3.05) is 13.1 Å². The number of carboxylic acid groups (broad SMARTS) is 1. The number of piperidine rings is 1. The third kappa shape index (κ3) is 2.75. The number of carbonyl (C=O) groups is 2. The molecule has 1 aliphatic rings. The first-order chi connectivity index (χ1) is 9.00. The summed E-state index contributed by atoms with van der Waals surface area (Å²) < 4.78 is 13.4. The second kappa shape index (κ2) is 5.38. The summed E-state index contributed by atoms with van der Waals surface area (Å²) in [7, 11) is 0. The van der Waals surface area contributed by atoms with E-state index in [1.54, 1.807) is 13.0 Å². The summed E-state index contributed by atoms with van der Waals surface area (Å²) in [6, 6.07) is 4.38. The van der Waals surface area contributed by atoms with E-state index in [9.17, 15) is 14.0 Å². The van der Waals surface area contributed by atoms with E-state index in [4.69, 9.17) is 5.11 Å². The molecule has 19 heavy (non-hydrogen) atoms. The van der Waals surface area contributed by atoms with E-state index in [-0.39, 0.29) is 12.5 Å². The first-order valence-electron chi connectivity index (χ1n) is 6.28. The van der Waals surface area contributed by atoms with Crippen LogP contribution in [-0.2, 0) is 4.79 Å². The maximum Gasteiger partial charge on any atom is 0.308 e. The highest BCUT2D eigenvalue weighted by molar-refractivity contribution is 5.96. The second-order valence-electron chi connectivity index (χ2n) is 4.84. The average molecular weight is 265 g/mol. The van der Waals surface area contributed by atoms with Crippen molar-refractivity contribution in [1.82, 2.24) is 4.90 Å². The van der Waals surface area contributed by atoms with Gasteiger partial charge < -0.3 is 10.0 Å². The molecule has 1 aromatic carbocycles. The van der Waals surface area contributed by atoms with Crippen molar-refractivity contribution in [2.24, 2.45) is 5.92 Å². The number of halogens is 1. The van der Waals surface area contributed by atoms with Crippen LogP contribution in [0, 0.1) is 18.7 Å². The van der Waals surface area contributed by atoms with Crippen LogP contribution in [0.1, 0.15) is 28.8 Å². The molecule has 0 unspecified atom stereocenters. The number of benzene rings is 1. The highest BCUT2D eigenvalue weighted by Crippen LogP contribution is 2.21. The topological polar surface area (TPSA) is 57.6 Å². The van der Waals surface area contributed by atoms with Gasteiger partial charge in [0.05, 0.1) is 5.92 Å². The second-order valence-corrected chi connectivity index (χ2v) is 4.84. The number of hydrogen-bond acceptors (Lipinski definition) is 2. The molecule has 2 rings (SSSR count). The summed E-state index contributed by atoms with van der Waals surface area (Å²) in [6.07, 6.45) is 1.25. The number of hydrogen-bond donors (Lipinski definition) is 1. The van der Waals surface area contributed by atoms with Crippen LogP contribution >= 0.6 is 0 Å². The summed E-state index contributed by atoms with van der Waals surface area (Å²) in [4.78, 5) is 24.8. The molecule has 0 saturated carbocycles. The van der Waals surface area contributed by atoms with Gasteiger partial charge in [0.1, 0.15) is 5.82 Å². The highest BCUT2D eigenvalue weighted by Gasteiger charge is 2.29. The van der Waals surface area contributed by atoms with Gasteiger partial charge in [-0.25, -0.2) is 4.39 Å². The Balaban J connectivity index is 2.19. The molecule has 1 atom stereocenters. The van der Waals surface area contributed by atoms with E-state index in [1.165, 1.54) is 17.0 Å². The lowest BCUT2D eigenvalue weighted by Gasteiger charge is -2.31. The molecule has 0 spiro atoms. The first-order valence-corrected chi connectivity index (χ1v) is 6.28. The molecule has 1 N–H and O–H groups in total. The standard InChI is InChI=1S/C14H16FNO3/c1-9-11(5-2-6-12(9)15)13(17)16-7-3-4-10(8-16)14(18)19/h2,5-6,10H,3-4,7-8H2,1H3,(H,18,19)/t10-/m0/s1. The zero-order valence-electron chi connectivity index (χ0n) is 10.7. The van der Waals surface area contributed by atoms with Crippen LogP contribution in [-0.4, -0.2) is 35.0 Å². The summed E-state index contributed by atoms with van der Waals surface area (Å²) in [5.41, 5.74) is 0.621.